The van der Waals surface area contributed by atoms with E-state index < -0.39 is 0 Å². The summed E-state index contributed by atoms with van der Waals surface area (Å²) >= 11 is 0. The van der Waals surface area contributed by atoms with E-state index in [0.717, 1.165) is 22.7 Å². The van der Waals surface area contributed by atoms with Crippen LogP contribution in [0.1, 0.15) is 26.3 Å². The Hall–Kier alpha value is -2.09. The summed E-state index contributed by atoms with van der Waals surface area (Å²) in [5.41, 5.74) is 3.18. The molecule has 20 heavy (non-hydrogen) atoms. The van der Waals surface area contributed by atoms with E-state index in [2.05, 4.69) is 32.9 Å². The molecule has 0 fully saturated rings. The molecule has 2 heteroatoms. The van der Waals surface area contributed by atoms with Crippen LogP contribution >= 0.6 is 0 Å². The molecule has 2 aromatic rings. The molecule has 2 aromatic carbocycles. The summed E-state index contributed by atoms with van der Waals surface area (Å²) in [6, 6.07) is 18.2. The highest BCUT2D eigenvalue weighted by Gasteiger charge is 2.20. The van der Waals surface area contributed by atoms with Gasteiger partial charge >= 0.3 is 0 Å². The largest absolute Gasteiger partial charge is 0.497 e. The summed E-state index contributed by atoms with van der Waals surface area (Å²) in [4.78, 5) is 4.84. The molecule has 0 unspecified atom stereocenters. The van der Waals surface area contributed by atoms with Gasteiger partial charge in [0.2, 0.25) is 0 Å². The van der Waals surface area contributed by atoms with Crippen molar-refractivity contribution in [1.29, 1.82) is 0 Å². The minimum atomic E-state index is -0.0126. The molecule has 0 radical (unpaired) electrons. The molecule has 104 valence electrons. The van der Waals surface area contributed by atoms with Crippen LogP contribution in [0.5, 0.6) is 5.75 Å². The SMILES string of the molecule is COc1ccc(N=C(c2ccccc2)C(C)(C)C)cc1. The van der Waals surface area contributed by atoms with Gasteiger partial charge in [-0.25, -0.2) is 0 Å². The van der Waals surface area contributed by atoms with Crippen molar-refractivity contribution in [2.75, 3.05) is 7.11 Å². The number of rotatable bonds is 3. The molecule has 0 N–H and O–H groups in total. The van der Waals surface area contributed by atoms with Crippen LogP contribution < -0.4 is 4.74 Å². The lowest BCUT2D eigenvalue weighted by Gasteiger charge is -2.22. The van der Waals surface area contributed by atoms with E-state index in [1.165, 1.54) is 0 Å². The van der Waals surface area contributed by atoms with Crippen molar-refractivity contribution in [3.8, 4) is 5.75 Å². The van der Waals surface area contributed by atoms with E-state index in [4.69, 9.17) is 9.73 Å². The molecule has 0 aliphatic rings. The van der Waals surface area contributed by atoms with Crippen molar-refractivity contribution in [3.05, 3.63) is 60.2 Å². The summed E-state index contributed by atoms with van der Waals surface area (Å²) in [7, 11) is 1.67. The normalized spacial score (nSPS) is 12.3. The minimum absolute atomic E-state index is 0.0126. The van der Waals surface area contributed by atoms with Crippen LogP contribution in [-0.4, -0.2) is 12.8 Å². The van der Waals surface area contributed by atoms with Crippen LogP contribution in [-0.2, 0) is 0 Å². The highest BCUT2D eigenvalue weighted by Crippen LogP contribution is 2.26. The fourth-order valence-electron chi connectivity index (χ4n) is 2.05. The molecule has 0 saturated carbocycles. The van der Waals surface area contributed by atoms with Gasteiger partial charge in [0.15, 0.2) is 0 Å². The van der Waals surface area contributed by atoms with Crippen LogP contribution in [0, 0.1) is 5.41 Å². The maximum Gasteiger partial charge on any atom is 0.119 e. The monoisotopic (exact) mass is 267 g/mol. The average Bonchev–Trinajstić information content (AvgIpc) is 2.45. The second kappa shape index (κ2) is 5.91. The molecular formula is C18H21NO. The van der Waals surface area contributed by atoms with Gasteiger partial charge in [-0.05, 0) is 29.8 Å². The van der Waals surface area contributed by atoms with Gasteiger partial charge in [-0.1, -0.05) is 51.1 Å². The van der Waals surface area contributed by atoms with Crippen molar-refractivity contribution in [3.63, 3.8) is 0 Å². The molecular weight excluding hydrogens is 246 g/mol. The smallest absolute Gasteiger partial charge is 0.119 e. The maximum atomic E-state index is 5.18. The van der Waals surface area contributed by atoms with E-state index in [9.17, 15) is 0 Å². The van der Waals surface area contributed by atoms with Crippen molar-refractivity contribution in [2.45, 2.75) is 20.8 Å². The van der Waals surface area contributed by atoms with Gasteiger partial charge in [0, 0.05) is 5.41 Å². The molecule has 0 heterocycles. The fourth-order valence-corrected chi connectivity index (χ4v) is 2.05. The molecule has 0 atom stereocenters. The quantitative estimate of drug-likeness (QED) is 0.728. The summed E-state index contributed by atoms with van der Waals surface area (Å²) < 4.78 is 5.18. The van der Waals surface area contributed by atoms with Gasteiger partial charge in [-0.15, -0.1) is 0 Å². The number of hydrogen-bond acceptors (Lipinski definition) is 2. The van der Waals surface area contributed by atoms with Crippen LogP contribution in [0.4, 0.5) is 5.69 Å². The molecule has 2 rings (SSSR count). The molecule has 0 bridgehead atoms. The second-order valence-electron chi connectivity index (χ2n) is 5.77. The van der Waals surface area contributed by atoms with Gasteiger partial charge in [-0.2, -0.15) is 0 Å². The number of benzene rings is 2. The van der Waals surface area contributed by atoms with Crippen molar-refractivity contribution >= 4 is 11.4 Å². The van der Waals surface area contributed by atoms with E-state index in [1.54, 1.807) is 7.11 Å². The molecule has 0 aliphatic carbocycles. The number of methoxy groups -OCH3 is 1. The zero-order valence-electron chi connectivity index (χ0n) is 12.6. The minimum Gasteiger partial charge on any atom is -0.497 e. The first-order valence-corrected chi connectivity index (χ1v) is 6.79. The Labute approximate surface area is 121 Å². The average molecular weight is 267 g/mol. The topological polar surface area (TPSA) is 21.6 Å². The van der Waals surface area contributed by atoms with E-state index in [0.29, 0.717) is 0 Å². The summed E-state index contributed by atoms with van der Waals surface area (Å²) in [6.07, 6.45) is 0. The summed E-state index contributed by atoms with van der Waals surface area (Å²) in [5, 5.41) is 0. The van der Waals surface area contributed by atoms with Crippen molar-refractivity contribution < 1.29 is 4.74 Å². The van der Waals surface area contributed by atoms with Crippen molar-refractivity contribution in [1.82, 2.24) is 0 Å². The Balaban J connectivity index is 2.43. The van der Waals surface area contributed by atoms with Gasteiger partial charge in [-0.3, -0.25) is 4.99 Å². The third kappa shape index (κ3) is 3.47. The molecule has 0 aliphatic heterocycles. The highest BCUT2D eigenvalue weighted by atomic mass is 16.5. The second-order valence-corrected chi connectivity index (χ2v) is 5.77. The lowest BCUT2D eigenvalue weighted by Crippen LogP contribution is -2.21. The van der Waals surface area contributed by atoms with Crippen LogP contribution in [0.3, 0.4) is 0 Å². The molecule has 0 amide bonds. The first-order chi connectivity index (χ1) is 9.50. The van der Waals surface area contributed by atoms with Gasteiger partial charge in [0.25, 0.3) is 0 Å². The van der Waals surface area contributed by atoms with Crippen LogP contribution in [0.25, 0.3) is 0 Å². The molecule has 0 aromatic heterocycles. The standard InChI is InChI=1S/C18H21NO/c1-18(2,3)17(14-8-6-5-7-9-14)19-15-10-12-16(20-4)13-11-15/h5-13H,1-4H3. The third-order valence-corrected chi connectivity index (χ3v) is 3.07. The first-order valence-electron chi connectivity index (χ1n) is 6.79. The van der Waals surface area contributed by atoms with Crippen LogP contribution in [0.15, 0.2) is 59.6 Å². The lowest BCUT2D eigenvalue weighted by atomic mass is 9.85. The van der Waals surface area contributed by atoms with Gasteiger partial charge in [0.1, 0.15) is 5.75 Å². The maximum absolute atomic E-state index is 5.18. The Kier molecular flexibility index (Phi) is 4.23. The molecule has 0 spiro atoms. The highest BCUT2D eigenvalue weighted by molar-refractivity contribution is 6.05. The zero-order chi connectivity index (χ0) is 14.6. The number of hydrogen-bond donors (Lipinski definition) is 0. The molecule has 0 saturated heterocycles. The number of nitrogens with zero attached hydrogens (tertiary/aromatic N) is 1. The van der Waals surface area contributed by atoms with E-state index in [-0.39, 0.29) is 5.41 Å². The lowest BCUT2D eigenvalue weighted by molar-refractivity contribution is 0.415. The third-order valence-electron chi connectivity index (χ3n) is 3.07. The predicted octanol–water partition coefficient (Wildman–Crippen LogP) is 4.86. The molecule has 2 nitrogen and oxygen atoms in total. The number of ether oxygens (including phenoxy) is 1. The summed E-state index contributed by atoms with van der Waals surface area (Å²) in [6.45, 7) is 6.55. The van der Waals surface area contributed by atoms with Gasteiger partial charge in [0.05, 0.1) is 18.5 Å². The zero-order valence-corrected chi connectivity index (χ0v) is 12.6. The Morgan fingerprint density at radius 1 is 0.900 bits per heavy atom. The van der Waals surface area contributed by atoms with E-state index in [1.807, 2.05) is 42.5 Å². The Morgan fingerprint density at radius 3 is 2.00 bits per heavy atom. The summed E-state index contributed by atoms with van der Waals surface area (Å²) in [5.74, 6) is 0.848. The Morgan fingerprint density at radius 2 is 1.50 bits per heavy atom. The van der Waals surface area contributed by atoms with E-state index >= 15 is 0 Å². The van der Waals surface area contributed by atoms with Crippen molar-refractivity contribution in [2.24, 2.45) is 10.4 Å². The van der Waals surface area contributed by atoms with Crippen LogP contribution in [0.2, 0.25) is 0 Å². The fraction of sp³-hybridized carbons (Fsp3) is 0.278. The first kappa shape index (κ1) is 14.3. The Bertz CT molecular complexity index is 577. The van der Waals surface area contributed by atoms with Gasteiger partial charge < -0.3 is 4.74 Å². The predicted molar refractivity (Wildman–Crippen MR) is 85.1 cm³/mol. The number of aliphatic imine (C=N–C) groups is 1.